The van der Waals surface area contributed by atoms with Crippen LogP contribution >= 0.6 is 0 Å². The third kappa shape index (κ3) is 3.79. The van der Waals surface area contributed by atoms with Gasteiger partial charge in [-0.15, -0.1) is 10.2 Å². The van der Waals surface area contributed by atoms with Crippen LogP contribution in [0.3, 0.4) is 0 Å². The molecule has 142 valence electrons. The molecule has 0 bridgehead atoms. The highest BCUT2D eigenvalue weighted by atomic mass is 19.3. The fraction of sp³-hybridized carbons (Fsp3) is 0.158. The first-order chi connectivity index (χ1) is 13.6. The van der Waals surface area contributed by atoms with Crippen LogP contribution in [0.2, 0.25) is 0 Å². The minimum atomic E-state index is -2.79. The predicted molar refractivity (Wildman–Crippen MR) is 95.1 cm³/mol. The summed E-state index contributed by atoms with van der Waals surface area (Å²) in [6.07, 6.45) is -2.34. The predicted octanol–water partition coefficient (Wildman–Crippen LogP) is 3.77. The van der Waals surface area contributed by atoms with Gasteiger partial charge in [0.1, 0.15) is 0 Å². The maximum Gasteiger partial charge on any atom is 0.314 e. The van der Waals surface area contributed by atoms with Gasteiger partial charge < -0.3 is 14.7 Å². The van der Waals surface area contributed by atoms with Crippen LogP contribution in [0.25, 0.3) is 22.9 Å². The van der Waals surface area contributed by atoms with Crippen LogP contribution in [0, 0.1) is 0 Å². The lowest BCUT2D eigenvalue weighted by Crippen LogP contribution is -1.95. The Kier molecular flexibility index (Phi) is 4.90. The standard InChI is InChI=1S/C19H15F2N5O2/c20-16(21)19-25-24-18(27-19)14-5-1-11(2-6-14)9-15-23-17(28-26-15)13-7-3-12(10-22)4-8-13/h1-8,16H,9-10,22H2. The van der Waals surface area contributed by atoms with Crippen molar-refractivity contribution >= 4 is 0 Å². The monoisotopic (exact) mass is 383 g/mol. The fourth-order valence-electron chi connectivity index (χ4n) is 2.61. The smallest absolute Gasteiger partial charge is 0.314 e. The van der Waals surface area contributed by atoms with E-state index in [1.807, 2.05) is 36.4 Å². The zero-order valence-electron chi connectivity index (χ0n) is 14.5. The third-order valence-electron chi connectivity index (χ3n) is 4.10. The highest BCUT2D eigenvalue weighted by Gasteiger charge is 2.17. The van der Waals surface area contributed by atoms with Gasteiger partial charge in [0.05, 0.1) is 0 Å². The van der Waals surface area contributed by atoms with Gasteiger partial charge in [0.2, 0.25) is 5.89 Å². The Bertz CT molecular complexity index is 1060. The van der Waals surface area contributed by atoms with Gasteiger partial charge in [0.25, 0.3) is 11.8 Å². The van der Waals surface area contributed by atoms with E-state index < -0.39 is 12.3 Å². The van der Waals surface area contributed by atoms with Crippen molar-refractivity contribution in [1.82, 2.24) is 20.3 Å². The SMILES string of the molecule is NCc1ccc(-c2nc(Cc3ccc(-c4nnc(C(F)F)o4)cc3)no2)cc1. The molecule has 0 fully saturated rings. The van der Waals surface area contributed by atoms with Gasteiger partial charge in [0, 0.05) is 24.1 Å². The summed E-state index contributed by atoms with van der Waals surface area (Å²) in [5.41, 5.74) is 8.90. The lowest BCUT2D eigenvalue weighted by Gasteiger charge is -1.99. The second-order valence-corrected chi connectivity index (χ2v) is 6.04. The quantitative estimate of drug-likeness (QED) is 0.540. The molecule has 0 unspecified atom stereocenters. The number of aromatic nitrogens is 4. The van der Waals surface area contributed by atoms with Gasteiger partial charge in [0.15, 0.2) is 5.82 Å². The largest absolute Gasteiger partial charge is 0.415 e. The Morgan fingerprint density at radius 2 is 1.50 bits per heavy atom. The number of hydrogen-bond acceptors (Lipinski definition) is 7. The van der Waals surface area contributed by atoms with E-state index in [9.17, 15) is 8.78 Å². The van der Waals surface area contributed by atoms with Crippen LogP contribution in [0.15, 0.2) is 57.5 Å². The number of hydrogen-bond donors (Lipinski definition) is 1. The maximum absolute atomic E-state index is 12.5. The van der Waals surface area contributed by atoms with E-state index in [1.165, 1.54) is 0 Å². The number of nitrogens with two attached hydrogens (primary N) is 1. The molecule has 2 N–H and O–H groups in total. The molecule has 0 spiro atoms. The van der Waals surface area contributed by atoms with Gasteiger partial charge in [-0.05, 0) is 35.4 Å². The third-order valence-corrected chi connectivity index (χ3v) is 4.10. The van der Waals surface area contributed by atoms with Gasteiger partial charge in [-0.25, -0.2) is 0 Å². The first kappa shape index (κ1) is 17.9. The highest BCUT2D eigenvalue weighted by molar-refractivity contribution is 5.54. The highest BCUT2D eigenvalue weighted by Crippen LogP contribution is 2.24. The molecule has 0 aliphatic rings. The lowest BCUT2D eigenvalue weighted by molar-refractivity contribution is 0.116. The average molecular weight is 383 g/mol. The Labute approximate surface area is 158 Å². The van der Waals surface area contributed by atoms with Crippen LogP contribution in [0.4, 0.5) is 8.78 Å². The van der Waals surface area contributed by atoms with Crippen molar-refractivity contribution in [3.05, 3.63) is 71.4 Å². The topological polar surface area (TPSA) is 104 Å². The fourth-order valence-corrected chi connectivity index (χ4v) is 2.61. The molecule has 28 heavy (non-hydrogen) atoms. The molecule has 0 aliphatic heterocycles. The van der Waals surface area contributed by atoms with Gasteiger partial charge in [-0.2, -0.15) is 13.8 Å². The van der Waals surface area contributed by atoms with Crippen LogP contribution in [-0.4, -0.2) is 20.3 Å². The van der Waals surface area contributed by atoms with E-state index in [4.69, 9.17) is 14.7 Å². The molecule has 2 aromatic carbocycles. The Balaban J connectivity index is 1.46. The average Bonchev–Trinajstić information content (AvgIpc) is 3.39. The molecule has 0 radical (unpaired) electrons. The van der Waals surface area contributed by atoms with E-state index in [2.05, 4.69) is 20.3 Å². The molecule has 0 atom stereocenters. The zero-order valence-corrected chi connectivity index (χ0v) is 14.5. The van der Waals surface area contributed by atoms with E-state index in [1.54, 1.807) is 12.1 Å². The van der Waals surface area contributed by atoms with Crippen LogP contribution in [0.5, 0.6) is 0 Å². The van der Waals surface area contributed by atoms with Crippen molar-refractivity contribution in [3.63, 3.8) is 0 Å². The van der Waals surface area contributed by atoms with Crippen molar-refractivity contribution in [1.29, 1.82) is 0 Å². The molecule has 9 heteroatoms. The Morgan fingerprint density at radius 3 is 2.11 bits per heavy atom. The number of benzene rings is 2. The first-order valence-electron chi connectivity index (χ1n) is 8.45. The van der Waals surface area contributed by atoms with Crippen LogP contribution in [-0.2, 0) is 13.0 Å². The van der Waals surface area contributed by atoms with Crippen LogP contribution in [0.1, 0.15) is 29.3 Å². The van der Waals surface area contributed by atoms with Gasteiger partial charge in [-0.1, -0.05) is 29.4 Å². The molecule has 7 nitrogen and oxygen atoms in total. The zero-order chi connectivity index (χ0) is 19.5. The second kappa shape index (κ2) is 7.65. The van der Waals surface area contributed by atoms with E-state index in [0.29, 0.717) is 30.2 Å². The molecular weight excluding hydrogens is 368 g/mol. The molecule has 0 saturated heterocycles. The van der Waals surface area contributed by atoms with Crippen molar-refractivity contribution in [2.24, 2.45) is 5.73 Å². The van der Waals surface area contributed by atoms with Crippen molar-refractivity contribution in [2.45, 2.75) is 19.4 Å². The normalized spacial score (nSPS) is 11.3. The van der Waals surface area contributed by atoms with Crippen LogP contribution < -0.4 is 5.73 Å². The van der Waals surface area contributed by atoms with Crippen molar-refractivity contribution in [3.8, 4) is 22.9 Å². The minimum absolute atomic E-state index is 0.0459. The summed E-state index contributed by atoms with van der Waals surface area (Å²) in [4.78, 5) is 4.40. The number of halogens is 2. The summed E-state index contributed by atoms with van der Waals surface area (Å²) in [6.45, 7) is 0.471. The summed E-state index contributed by atoms with van der Waals surface area (Å²) >= 11 is 0. The molecule has 4 rings (SSSR count). The van der Waals surface area contributed by atoms with Crippen molar-refractivity contribution < 1.29 is 17.7 Å². The first-order valence-corrected chi connectivity index (χ1v) is 8.45. The number of nitrogens with zero attached hydrogens (tertiary/aromatic N) is 4. The lowest BCUT2D eigenvalue weighted by atomic mass is 10.1. The molecule has 0 aliphatic carbocycles. The summed E-state index contributed by atoms with van der Waals surface area (Å²) < 4.78 is 35.3. The molecule has 0 amide bonds. The van der Waals surface area contributed by atoms with Gasteiger partial charge >= 0.3 is 6.43 Å². The summed E-state index contributed by atoms with van der Waals surface area (Å²) in [5, 5.41) is 10.9. The Hall–Kier alpha value is -3.46. The number of alkyl halides is 2. The van der Waals surface area contributed by atoms with Gasteiger partial charge in [-0.3, -0.25) is 0 Å². The van der Waals surface area contributed by atoms with Crippen molar-refractivity contribution in [2.75, 3.05) is 0 Å². The molecule has 2 aromatic heterocycles. The molecule has 4 aromatic rings. The molecule has 0 saturated carbocycles. The summed E-state index contributed by atoms with van der Waals surface area (Å²) in [6, 6.07) is 14.6. The summed E-state index contributed by atoms with van der Waals surface area (Å²) in [7, 11) is 0. The molecule has 2 heterocycles. The van der Waals surface area contributed by atoms with E-state index in [-0.39, 0.29) is 5.89 Å². The van der Waals surface area contributed by atoms with E-state index in [0.717, 1.165) is 16.7 Å². The minimum Gasteiger partial charge on any atom is -0.415 e. The number of rotatable bonds is 6. The maximum atomic E-state index is 12.5. The Morgan fingerprint density at radius 1 is 0.857 bits per heavy atom. The molecular formula is C19H15F2N5O2. The summed E-state index contributed by atoms with van der Waals surface area (Å²) in [5.74, 6) is 0.312. The van der Waals surface area contributed by atoms with E-state index >= 15 is 0 Å². The second-order valence-electron chi connectivity index (χ2n) is 6.04.